The van der Waals surface area contributed by atoms with Gasteiger partial charge in [0.15, 0.2) is 0 Å². The molecule has 1 aromatic carbocycles. The molecule has 3 heteroatoms. The topological polar surface area (TPSA) is 34.4 Å². The second kappa shape index (κ2) is 5.35. The van der Waals surface area contributed by atoms with Crippen LogP contribution in [0.3, 0.4) is 0 Å². The monoisotopic (exact) mass is 259 g/mol. The summed E-state index contributed by atoms with van der Waals surface area (Å²) in [6, 6.07) is 8.51. The molecule has 2 atom stereocenters. The summed E-state index contributed by atoms with van der Waals surface area (Å²) in [5.41, 5.74) is 2.26. The zero-order chi connectivity index (χ0) is 13.2. The van der Waals surface area contributed by atoms with Crippen LogP contribution in [0.15, 0.2) is 28.7 Å². The van der Waals surface area contributed by atoms with E-state index < -0.39 is 0 Å². The Hall–Kier alpha value is -1.32. The molecule has 1 N–H and O–H groups in total. The van der Waals surface area contributed by atoms with Crippen molar-refractivity contribution in [3.8, 4) is 0 Å². The van der Waals surface area contributed by atoms with Crippen molar-refractivity contribution in [2.75, 3.05) is 13.7 Å². The van der Waals surface area contributed by atoms with Crippen LogP contribution in [0.4, 0.5) is 0 Å². The van der Waals surface area contributed by atoms with Crippen molar-refractivity contribution in [2.24, 2.45) is 0 Å². The lowest BCUT2D eigenvalue weighted by Crippen LogP contribution is -2.29. The summed E-state index contributed by atoms with van der Waals surface area (Å²) in [6.07, 6.45) is 3.44. The number of ether oxygens (including phenoxy) is 1. The van der Waals surface area contributed by atoms with Gasteiger partial charge in [0.25, 0.3) is 0 Å². The lowest BCUT2D eigenvalue weighted by molar-refractivity contribution is 0.0805. The van der Waals surface area contributed by atoms with Crippen molar-refractivity contribution in [3.05, 3.63) is 35.6 Å². The highest BCUT2D eigenvalue weighted by molar-refractivity contribution is 5.83. The summed E-state index contributed by atoms with van der Waals surface area (Å²) in [5, 5.41) is 4.65. The average Bonchev–Trinajstić information content (AvgIpc) is 3.08. The van der Waals surface area contributed by atoms with E-state index in [-0.39, 0.29) is 12.1 Å². The zero-order valence-corrected chi connectivity index (χ0v) is 11.6. The minimum Gasteiger partial charge on any atom is -0.461 e. The van der Waals surface area contributed by atoms with Crippen LogP contribution in [-0.2, 0) is 11.2 Å². The Kier molecular flexibility index (Phi) is 3.58. The van der Waals surface area contributed by atoms with Gasteiger partial charge in [-0.25, -0.2) is 0 Å². The highest BCUT2D eigenvalue weighted by atomic mass is 16.5. The maximum absolute atomic E-state index is 6.00. The Morgan fingerprint density at radius 1 is 1.37 bits per heavy atom. The van der Waals surface area contributed by atoms with Crippen LogP contribution in [0.25, 0.3) is 11.0 Å². The molecule has 1 saturated heterocycles. The fraction of sp³-hybridized carbons (Fsp3) is 0.500. The van der Waals surface area contributed by atoms with E-state index in [4.69, 9.17) is 9.15 Å². The number of nitrogens with one attached hydrogen (secondary N) is 1. The highest BCUT2D eigenvalue weighted by Gasteiger charge is 2.30. The first-order chi connectivity index (χ1) is 9.35. The van der Waals surface area contributed by atoms with Crippen molar-refractivity contribution in [2.45, 2.75) is 38.3 Å². The van der Waals surface area contributed by atoms with Crippen molar-refractivity contribution >= 4 is 11.0 Å². The van der Waals surface area contributed by atoms with E-state index in [9.17, 15) is 0 Å². The molecule has 2 heterocycles. The summed E-state index contributed by atoms with van der Waals surface area (Å²) in [5.74, 6) is 1.08. The number of furan rings is 1. The standard InChI is InChI=1S/C16H21NO2/c1-3-12-15(11-7-4-5-8-13(11)19-12)16(17-2)14-9-6-10-18-14/h4-5,7-8,14,16-17H,3,6,9-10H2,1-2H3. The largest absolute Gasteiger partial charge is 0.461 e. The first-order valence-corrected chi connectivity index (χ1v) is 7.14. The molecule has 3 nitrogen and oxygen atoms in total. The van der Waals surface area contributed by atoms with Crippen LogP contribution in [-0.4, -0.2) is 19.8 Å². The van der Waals surface area contributed by atoms with Crippen LogP contribution in [0, 0.1) is 0 Å². The number of benzene rings is 1. The second-order valence-electron chi connectivity index (χ2n) is 5.11. The molecule has 1 aliphatic heterocycles. The Morgan fingerprint density at radius 2 is 2.21 bits per heavy atom. The van der Waals surface area contributed by atoms with E-state index in [0.29, 0.717) is 0 Å². The minimum atomic E-state index is 0.223. The third kappa shape index (κ3) is 2.17. The van der Waals surface area contributed by atoms with E-state index in [1.807, 2.05) is 19.2 Å². The Morgan fingerprint density at radius 3 is 2.89 bits per heavy atom. The third-order valence-electron chi connectivity index (χ3n) is 3.99. The number of hydrogen-bond donors (Lipinski definition) is 1. The number of fused-ring (bicyclic) bond motifs is 1. The summed E-state index contributed by atoms with van der Waals surface area (Å²) in [6.45, 7) is 3.02. The molecule has 1 fully saturated rings. The van der Waals surface area contributed by atoms with Gasteiger partial charge >= 0.3 is 0 Å². The van der Waals surface area contributed by atoms with Gasteiger partial charge in [0.1, 0.15) is 11.3 Å². The SMILES string of the molecule is CCc1oc2ccccc2c1C(NC)C1CCCO1. The summed E-state index contributed by atoms with van der Waals surface area (Å²) < 4.78 is 11.9. The van der Waals surface area contributed by atoms with Gasteiger partial charge in [-0.15, -0.1) is 0 Å². The Bertz CT molecular complexity index is 555. The van der Waals surface area contributed by atoms with Crippen LogP contribution in [0.2, 0.25) is 0 Å². The van der Waals surface area contributed by atoms with Crippen molar-refractivity contribution < 1.29 is 9.15 Å². The maximum Gasteiger partial charge on any atom is 0.134 e. The molecule has 102 valence electrons. The lowest BCUT2D eigenvalue weighted by atomic mass is 9.96. The summed E-state index contributed by atoms with van der Waals surface area (Å²) in [4.78, 5) is 0. The molecule has 0 bridgehead atoms. The number of aryl methyl sites for hydroxylation is 1. The first kappa shape index (κ1) is 12.7. The molecular weight excluding hydrogens is 238 g/mol. The quantitative estimate of drug-likeness (QED) is 0.913. The van der Waals surface area contributed by atoms with E-state index in [2.05, 4.69) is 24.4 Å². The van der Waals surface area contributed by atoms with Crippen LogP contribution in [0.1, 0.15) is 37.1 Å². The molecule has 19 heavy (non-hydrogen) atoms. The van der Waals surface area contributed by atoms with Gasteiger partial charge in [-0.1, -0.05) is 25.1 Å². The number of rotatable bonds is 4. The molecular formula is C16H21NO2. The molecule has 0 saturated carbocycles. The van der Waals surface area contributed by atoms with Gasteiger partial charge in [-0.3, -0.25) is 0 Å². The van der Waals surface area contributed by atoms with Crippen LogP contribution >= 0.6 is 0 Å². The van der Waals surface area contributed by atoms with Crippen LogP contribution in [0.5, 0.6) is 0 Å². The van der Waals surface area contributed by atoms with Gasteiger partial charge < -0.3 is 14.5 Å². The number of para-hydroxylation sites is 1. The molecule has 1 aliphatic rings. The van der Waals surface area contributed by atoms with E-state index in [1.54, 1.807) is 0 Å². The fourth-order valence-corrected chi connectivity index (χ4v) is 3.10. The number of likely N-dealkylation sites (N-methyl/N-ethyl adjacent to an activating group) is 1. The zero-order valence-electron chi connectivity index (χ0n) is 11.6. The highest BCUT2D eigenvalue weighted by Crippen LogP contribution is 2.36. The Labute approximate surface area is 113 Å². The van der Waals surface area contributed by atoms with Gasteiger partial charge in [0.05, 0.1) is 12.1 Å². The van der Waals surface area contributed by atoms with E-state index >= 15 is 0 Å². The molecule has 2 aromatic rings. The van der Waals surface area contributed by atoms with Gasteiger partial charge in [-0.2, -0.15) is 0 Å². The second-order valence-corrected chi connectivity index (χ2v) is 5.11. The molecule has 1 aromatic heterocycles. The molecule has 0 radical (unpaired) electrons. The Balaban J connectivity index is 2.10. The fourth-order valence-electron chi connectivity index (χ4n) is 3.10. The van der Waals surface area contributed by atoms with Gasteiger partial charge in [0, 0.05) is 24.0 Å². The maximum atomic E-state index is 6.00. The van der Waals surface area contributed by atoms with Crippen molar-refractivity contribution in [3.63, 3.8) is 0 Å². The minimum absolute atomic E-state index is 0.223. The smallest absolute Gasteiger partial charge is 0.134 e. The van der Waals surface area contributed by atoms with Crippen LogP contribution < -0.4 is 5.32 Å². The predicted molar refractivity (Wildman–Crippen MR) is 76.4 cm³/mol. The summed E-state index contributed by atoms with van der Waals surface area (Å²) >= 11 is 0. The number of hydrogen-bond acceptors (Lipinski definition) is 3. The average molecular weight is 259 g/mol. The van der Waals surface area contributed by atoms with Crippen molar-refractivity contribution in [1.82, 2.24) is 5.32 Å². The molecule has 0 amide bonds. The lowest BCUT2D eigenvalue weighted by Gasteiger charge is -2.23. The van der Waals surface area contributed by atoms with Crippen molar-refractivity contribution in [1.29, 1.82) is 0 Å². The molecule has 0 aliphatic carbocycles. The summed E-state index contributed by atoms with van der Waals surface area (Å²) in [7, 11) is 2.01. The van der Waals surface area contributed by atoms with E-state index in [0.717, 1.165) is 37.2 Å². The van der Waals surface area contributed by atoms with E-state index in [1.165, 1.54) is 10.9 Å². The predicted octanol–water partition coefficient (Wildman–Crippen LogP) is 3.43. The molecule has 0 spiro atoms. The normalized spacial score (nSPS) is 21.1. The van der Waals surface area contributed by atoms with Gasteiger partial charge in [0.2, 0.25) is 0 Å². The first-order valence-electron chi connectivity index (χ1n) is 7.14. The third-order valence-corrected chi connectivity index (χ3v) is 3.99. The van der Waals surface area contributed by atoms with Gasteiger partial charge in [-0.05, 0) is 26.0 Å². The molecule has 2 unspecified atom stereocenters. The molecule has 3 rings (SSSR count).